The highest BCUT2D eigenvalue weighted by Crippen LogP contribution is 2.11. The lowest BCUT2D eigenvalue weighted by Crippen LogP contribution is -2.37. The SMILES string of the molecule is O=C(NCc1ccncc1)C(NCc1cccnc1)c1ccccn1. The van der Waals surface area contributed by atoms with Gasteiger partial charge in [-0.3, -0.25) is 25.1 Å². The van der Waals surface area contributed by atoms with Gasteiger partial charge in [0, 0.05) is 44.1 Å². The van der Waals surface area contributed by atoms with Crippen molar-refractivity contribution in [2.75, 3.05) is 0 Å². The second-order valence-corrected chi connectivity index (χ2v) is 5.50. The van der Waals surface area contributed by atoms with Gasteiger partial charge in [0.25, 0.3) is 0 Å². The molecule has 0 fully saturated rings. The van der Waals surface area contributed by atoms with Crippen molar-refractivity contribution < 1.29 is 4.79 Å². The summed E-state index contributed by atoms with van der Waals surface area (Å²) in [4.78, 5) is 25.1. The first-order chi connectivity index (χ1) is 12.3. The molecule has 3 aromatic rings. The van der Waals surface area contributed by atoms with Crippen LogP contribution < -0.4 is 10.6 Å². The summed E-state index contributed by atoms with van der Waals surface area (Å²) in [7, 11) is 0. The van der Waals surface area contributed by atoms with Crippen molar-refractivity contribution in [2.45, 2.75) is 19.1 Å². The molecule has 0 bridgehead atoms. The zero-order chi connectivity index (χ0) is 17.3. The summed E-state index contributed by atoms with van der Waals surface area (Å²) >= 11 is 0. The molecule has 0 aromatic carbocycles. The standard InChI is InChI=1S/C19H19N5O/c25-19(24-13-15-6-10-20-11-7-15)18(17-5-1-2-9-22-17)23-14-16-4-3-8-21-12-16/h1-12,18,23H,13-14H2,(H,24,25). The molecule has 0 aliphatic heterocycles. The van der Waals surface area contributed by atoms with Crippen LogP contribution in [0.5, 0.6) is 0 Å². The van der Waals surface area contributed by atoms with Gasteiger partial charge in [0.15, 0.2) is 0 Å². The zero-order valence-electron chi connectivity index (χ0n) is 13.7. The van der Waals surface area contributed by atoms with Crippen LogP contribution in [-0.4, -0.2) is 20.9 Å². The van der Waals surface area contributed by atoms with Crippen molar-refractivity contribution in [3.63, 3.8) is 0 Å². The monoisotopic (exact) mass is 333 g/mol. The molecule has 3 heterocycles. The molecule has 0 radical (unpaired) electrons. The number of hydrogen-bond donors (Lipinski definition) is 2. The Morgan fingerprint density at radius 3 is 2.48 bits per heavy atom. The largest absolute Gasteiger partial charge is 0.350 e. The fourth-order valence-electron chi connectivity index (χ4n) is 2.39. The number of carbonyl (C=O) groups excluding carboxylic acids is 1. The summed E-state index contributed by atoms with van der Waals surface area (Å²) in [5, 5.41) is 6.21. The average Bonchev–Trinajstić information content (AvgIpc) is 2.69. The Morgan fingerprint density at radius 1 is 0.880 bits per heavy atom. The van der Waals surface area contributed by atoms with E-state index < -0.39 is 6.04 Å². The topological polar surface area (TPSA) is 79.8 Å². The fraction of sp³-hybridized carbons (Fsp3) is 0.158. The lowest BCUT2D eigenvalue weighted by atomic mass is 10.1. The van der Waals surface area contributed by atoms with Crippen LogP contribution in [0.15, 0.2) is 73.4 Å². The first-order valence-electron chi connectivity index (χ1n) is 8.03. The summed E-state index contributed by atoms with van der Waals surface area (Å²) in [6, 6.07) is 12.6. The van der Waals surface area contributed by atoms with Gasteiger partial charge in [0.05, 0.1) is 5.69 Å². The third kappa shape index (κ3) is 4.92. The zero-order valence-corrected chi connectivity index (χ0v) is 13.7. The minimum atomic E-state index is -0.539. The van der Waals surface area contributed by atoms with Crippen LogP contribution in [0, 0.1) is 0 Å². The molecule has 0 spiro atoms. The maximum atomic E-state index is 12.7. The Labute approximate surface area is 146 Å². The van der Waals surface area contributed by atoms with Gasteiger partial charge < -0.3 is 5.32 Å². The molecule has 3 rings (SSSR count). The molecule has 126 valence electrons. The molecule has 6 nitrogen and oxygen atoms in total. The minimum absolute atomic E-state index is 0.126. The Morgan fingerprint density at radius 2 is 1.76 bits per heavy atom. The normalized spacial score (nSPS) is 11.7. The van der Waals surface area contributed by atoms with E-state index in [9.17, 15) is 4.79 Å². The van der Waals surface area contributed by atoms with Crippen molar-refractivity contribution >= 4 is 5.91 Å². The van der Waals surface area contributed by atoms with E-state index in [4.69, 9.17) is 0 Å². The fourth-order valence-corrected chi connectivity index (χ4v) is 2.39. The van der Waals surface area contributed by atoms with Crippen molar-refractivity contribution in [3.05, 3.63) is 90.3 Å². The summed E-state index contributed by atoms with van der Waals surface area (Å²) in [5.74, 6) is -0.126. The summed E-state index contributed by atoms with van der Waals surface area (Å²) < 4.78 is 0. The Balaban J connectivity index is 1.68. The van der Waals surface area contributed by atoms with Crippen molar-refractivity contribution in [3.8, 4) is 0 Å². The number of aromatic nitrogens is 3. The van der Waals surface area contributed by atoms with Crippen LogP contribution in [0.3, 0.4) is 0 Å². The summed E-state index contributed by atoms with van der Waals surface area (Å²) in [6.07, 6.45) is 8.60. The molecule has 2 N–H and O–H groups in total. The van der Waals surface area contributed by atoms with Gasteiger partial charge in [0.1, 0.15) is 6.04 Å². The Kier molecular flexibility index (Phi) is 5.79. The van der Waals surface area contributed by atoms with Crippen molar-refractivity contribution in [2.24, 2.45) is 0 Å². The lowest BCUT2D eigenvalue weighted by Gasteiger charge is -2.18. The molecule has 1 amide bonds. The van der Waals surface area contributed by atoms with Gasteiger partial charge >= 0.3 is 0 Å². The van der Waals surface area contributed by atoms with Crippen LogP contribution in [0.2, 0.25) is 0 Å². The number of carbonyl (C=O) groups is 1. The van der Waals surface area contributed by atoms with E-state index in [2.05, 4.69) is 25.6 Å². The molecule has 1 unspecified atom stereocenters. The number of nitrogens with one attached hydrogen (secondary N) is 2. The van der Waals surface area contributed by atoms with Gasteiger partial charge in [-0.15, -0.1) is 0 Å². The van der Waals surface area contributed by atoms with Gasteiger partial charge in [-0.05, 0) is 41.5 Å². The van der Waals surface area contributed by atoms with Gasteiger partial charge in [-0.2, -0.15) is 0 Å². The maximum Gasteiger partial charge on any atom is 0.243 e. The van der Waals surface area contributed by atoms with E-state index in [0.29, 0.717) is 18.8 Å². The molecule has 0 aliphatic carbocycles. The Hall–Kier alpha value is -3.12. The molecule has 25 heavy (non-hydrogen) atoms. The molecule has 0 aliphatic rings. The number of rotatable bonds is 7. The summed E-state index contributed by atoms with van der Waals surface area (Å²) in [6.45, 7) is 0.969. The second-order valence-electron chi connectivity index (χ2n) is 5.50. The van der Waals surface area contributed by atoms with Gasteiger partial charge in [-0.1, -0.05) is 12.1 Å². The molecular weight excluding hydrogens is 314 g/mol. The first kappa shape index (κ1) is 16.7. The first-order valence-corrected chi connectivity index (χ1v) is 8.03. The highest BCUT2D eigenvalue weighted by atomic mass is 16.2. The number of nitrogens with zero attached hydrogens (tertiary/aromatic N) is 3. The molecule has 6 heteroatoms. The summed E-state index contributed by atoms with van der Waals surface area (Å²) in [5.41, 5.74) is 2.68. The van der Waals surface area contributed by atoms with Crippen LogP contribution in [-0.2, 0) is 17.9 Å². The van der Waals surface area contributed by atoms with E-state index in [1.54, 1.807) is 31.0 Å². The predicted octanol–water partition coefficient (Wildman–Crippen LogP) is 2.02. The van der Waals surface area contributed by atoms with Gasteiger partial charge in [-0.25, -0.2) is 0 Å². The van der Waals surface area contributed by atoms with E-state index >= 15 is 0 Å². The van der Waals surface area contributed by atoms with E-state index in [-0.39, 0.29) is 5.91 Å². The van der Waals surface area contributed by atoms with Gasteiger partial charge in [0.2, 0.25) is 5.91 Å². The van der Waals surface area contributed by atoms with Crippen LogP contribution in [0.1, 0.15) is 22.9 Å². The molecular formula is C19H19N5O. The maximum absolute atomic E-state index is 12.7. The molecule has 0 saturated heterocycles. The van der Waals surface area contributed by atoms with Crippen LogP contribution >= 0.6 is 0 Å². The van der Waals surface area contributed by atoms with Crippen molar-refractivity contribution in [1.82, 2.24) is 25.6 Å². The minimum Gasteiger partial charge on any atom is -0.350 e. The molecule has 1 atom stereocenters. The smallest absolute Gasteiger partial charge is 0.243 e. The number of amides is 1. The van der Waals surface area contributed by atoms with E-state index in [0.717, 1.165) is 11.1 Å². The van der Waals surface area contributed by atoms with Crippen LogP contribution in [0.4, 0.5) is 0 Å². The van der Waals surface area contributed by atoms with E-state index in [1.165, 1.54) is 0 Å². The second kappa shape index (κ2) is 8.65. The number of hydrogen-bond acceptors (Lipinski definition) is 5. The third-order valence-corrected chi connectivity index (χ3v) is 3.69. The highest BCUT2D eigenvalue weighted by molar-refractivity contribution is 5.82. The lowest BCUT2D eigenvalue weighted by molar-refractivity contribution is -0.123. The molecule has 3 aromatic heterocycles. The van der Waals surface area contributed by atoms with Crippen LogP contribution in [0.25, 0.3) is 0 Å². The number of pyridine rings is 3. The Bertz CT molecular complexity index is 781. The molecule has 0 saturated carbocycles. The van der Waals surface area contributed by atoms with E-state index in [1.807, 2.05) is 42.5 Å². The average molecular weight is 333 g/mol. The predicted molar refractivity (Wildman–Crippen MR) is 94.1 cm³/mol. The third-order valence-electron chi connectivity index (χ3n) is 3.69. The van der Waals surface area contributed by atoms with Crippen molar-refractivity contribution in [1.29, 1.82) is 0 Å². The highest BCUT2D eigenvalue weighted by Gasteiger charge is 2.21. The quantitative estimate of drug-likeness (QED) is 0.691.